The second kappa shape index (κ2) is 5.95. The Morgan fingerprint density at radius 3 is 2.52 bits per heavy atom. The Labute approximate surface area is 134 Å². The Morgan fingerprint density at radius 2 is 1.90 bits per heavy atom. The third-order valence-electron chi connectivity index (χ3n) is 3.94. The Bertz CT molecular complexity index is 587. The summed E-state index contributed by atoms with van der Waals surface area (Å²) in [6.45, 7) is 5.16. The van der Waals surface area contributed by atoms with Crippen LogP contribution in [0.15, 0.2) is 18.2 Å². The lowest BCUT2D eigenvalue weighted by Gasteiger charge is -2.44. The van der Waals surface area contributed by atoms with Crippen molar-refractivity contribution < 1.29 is 9.59 Å². The van der Waals surface area contributed by atoms with Crippen molar-refractivity contribution in [3.05, 3.63) is 33.8 Å². The van der Waals surface area contributed by atoms with Crippen LogP contribution in [0, 0.1) is 0 Å². The highest BCUT2D eigenvalue weighted by Gasteiger charge is 2.41. The van der Waals surface area contributed by atoms with Crippen LogP contribution < -0.4 is 0 Å². The summed E-state index contributed by atoms with van der Waals surface area (Å²) >= 11 is 11.8. The second-order valence-corrected chi connectivity index (χ2v) is 6.57. The van der Waals surface area contributed by atoms with Crippen LogP contribution in [0.3, 0.4) is 0 Å². The molecule has 4 nitrogen and oxygen atoms in total. The van der Waals surface area contributed by atoms with E-state index >= 15 is 0 Å². The first-order chi connectivity index (χ1) is 9.73. The van der Waals surface area contributed by atoms with E-state index in [1.54, 1.807) is 30.1 Å². The van der Waals surface area contributed by atoms with Gasteiger partial charge in [0.1, 0.15) is 0 Å². The van der Waals surface area contributed by atoms with Crippen LogP contribution >= 0.6 is 23.2 Å². The van der Waals surface area contributed by atoms with E-state index in [2.05, 4.69) is 0 Å². The number of benzene rings is 1. The van der Waals surface area contributed by atoms with Crippen molar-refractivity contribution in [3.63, 3.8) is 0 Å². The SMILES string of the molecule is CN1CCN(CC(=O)c2ccc(Cl)c(Cl)c2)C(C)(C)C1=O. The van der Waals surface area contributed by atoms with Crippen molar-refractivity contribution in [1.29, 1.82) is 0 Å². The maximum Gasteiger partial charge on any atom is 0.242 e. The summed E-state index contributed by atoms with van der Waals surface area (Å²) in [6, 6.07) is 4.83. The zero-order valence-electron chi connectivity index (χ0n) is 12.3. The molecule has 1 heterocycles. The largest absolute Gasteiger partial charge is 0.343 e. The predicted molar refractivity (Wildman–Crippen MR) is 84.1 cm³/mol. The lowest BCUT2D eigenvalue weighted by atomic mass is 9.96. The summed E-state index contributed by atoms with van der Waals surface area (Å²) in [4.78, 5) is 28.2. The van der Waals surface area contributed by atoms with Crippen LogP contribution in [-0.2, 0) is 4.79 Å². The molecule has 2 rings (SSSR count). The number of likely N-dealkylation sites (N-methyl/N-ethyl adjacent to an activating group) is 1. The molecule has 1 saturated heterocycles. The van der Waals surface area contributed by atoms with Crippen molar-refractivity contribution >= 4 is 34.9 Å². The number of carbonyl (C=O) groups excluding carboxylic acids is 2. The van der Waals surface area contributed by atoms with Crippen LogP contribution in [0.4, 0.5) is 0 Å². The van der Waals surface area contributed by atoms with E-state index in [1.807, 2.05) is 18.7 Å². The molecule has 0 aliphatic carbocycles. The zero-order chi connectivity index (χ0) is 15.8. The van der Waals surface area contributed by atoms with E-state index in [0.717, 1.165) is 0 Å². The molecule has 0 bridgehead atoms. The molecule has 1 aliphatic heterocycles. The lowest BCUT2D eigenvalue weighted by molar-refractivity contribution is -0.146. The summed E-state index contributed by atoms with van der Waals surface area (Å²) in [7, 11) is 1.78. The van der Waals surface area contributed by atoms with Crippen LogP contribution in [0.25, 0.3) is 0 Å². The number of amides is 1. The number of ketones is 1. The van der Waals surface area contributed by atoms with E-state index in [0.29, 0.717) is 28.7 Å². The molecule has 1 aromatic carbocycles. The number of piperazine rings is 1. The average molecular weight is 329 g/mol. The van der Waals surface area contributed by atoms with Crippen LogP contribution in [-0.4, -0.2) is 53.7 Å². The van der Waals surface area contributed by atoms with E-state index in [-0.39, 0.29) is 18.2 Å². The Morgan fingerprint density at radius 1 is 1.24 bits per heavy atom. The molecule has 6 heteroatoms. The number of hydrogen-bond donors (Lipinski definition) is 0. The maximum absolute atomic E-state index is 12.4. The first-order valence-corrected chi connectivity index (χ1v) is 7.48. The third-order valence-corrected chi connectivity index (χ3v) is 4.68. The van der Waals surface area contributed by atoms with Gasteiger partial charge >= 0.3 is 0 Å². The van der Waals surface area contributed by atoms with Crippen molar-refractivity contribution in [2.24, 2.45) is 0 Å². The minimum atomic E-state index is -0.682. The first-order valence-electron chi connectivity index (χ1n) is 6.72. The number of nitrogens with zero attached hydrogens (tertiary/aromatic N) is 2. The second-order valence-electron chi connectivity index (χ2n) is 5.76. The van der Waals surface area contributed by atoms with Gasteiger partial charge in [-0.05, 0) is 32.0 Å². The monoisotopic (exact) mass is 328 g/mol. The van der Waals surface area contributed by atoms with Crippen molar-refractivity contribution in [2.75, 3.05) is 26.7 Å². The molecule has 0 unspecified atom stereocenters. The highest BCUT2D eigenvalue weighted by molar-refractivity contribution is 6.42. The van der Waals surface area contributed by atoms with Crippen LogP contribution in [0.2, 0.25) is 10.0 Å². The number of hydrogen-bond acceptors (Lipinski definition) is 3. The van der Waals surface area contributed by atoms with Gasteiger partial charge in [-0.1, -0.05) is 23.2 Å². The number of carbonyl (C=O) groups is 2. The zero-order valence-corrected chi connectivity index (χ0v) is 13.8. The van der Waals surface area contributed by atoms with Gasteiger partial charge < -0.3 is 4.90 Å². The maximum atomic E-state index is 12.4. The van der Waals surface area contributed by atoms with Gasteiger partial charge in [0.25, 0.3) is 0 Å². The number of Topliss-reactive ketones (excluding diaryl/α,β-unsaturated/α-hetero) is 1. The molecule has 0 spiro atoms. The molecular formula is C15H18Cl2N2O2. The third kappa shape index (κ3) is 3.23. The first kappa shape index (κ1) is 16.3. The average Bonchev–Trinajstić information content (AvgIpc) is 2.43. The van der Waals surface area contributed by atoms with Crippen molar-refractivity contribution in [1.82, 2.24) is 9.80 Å². The molecule has 1 aliphatic rings. The quantitative estimate of drug-likeness (QED) is 0.801. The van der Waals surface area contributed by atoms with Gasteiger partial charge in [0.2, 0.25) is 5.91 Å². The molecule has 0 radical (unpaired) electrons. The molecule has 0 aromatic heterocycles. The molecule has 0 atom stereocenters. The predicted octanol–water partition coefficient (Wildman–Crippen LogP) is 2.73. The molecule has 1 fully saturated rings. The Balaban J connectivity index is 2.15. The molecule has 1 amide bonds. The van der Waals surface area contributed by atoms with E-state index in [1.165, 1.54) is 0 Å². The summed E-state index contributed by atoms with van der Waals surface area (Å²) < 4.78 is 0. The summed E-state index contributed by atoms with van der Waals surface area (Å²) in [5, 5.41) is 0.777. The fourth-order valence-corrected chi connectivity index (χ4v) is 2.76. The fourth-order valence-electron chi connectivity index (χ4n) is 2.47. The van der Waals surface area contributed by atoms with Crippen molar-refractivity contribution in [3.8, 4) is 0 Å². The molecule has 21 heavy (non-hydrogen) atoms. The van der Waals surface area contributed by atoms with Crippen molar-refractivity contribution in [2.45, 2.75) is 19.4 Å². The van der Waals surface area contributed by atoms with Gasteiger partial charge in [0.15, 0.2) is 5.78 Å². The van der Waals surface area contributed by atoms with Gasteiger partial charge in [0.05, 0.1) is 22.1 Å². The van der Waals surface area contributed by atoms with Gasteiger partial charge in [-0.2, -0.15) is 0 Å². The molecule has 0 saturated carbocycles. The number of rotatable bonds is 3. The van der Waals surface area contributed by atoms with E-state index in [9.17, 15) is 9.59 Å². The molecular weight excluding hydrogens is 311 g/mol. The minimum Gasteiger partial charge on any atom is -0.343 e. The van der Waals surface area contributed by atoms with Gasteiger partial charge in [-0.3, -0.25) is 14.5 Å². The summed E-state index contributed by atoms with van der Waals surface area (Å²) in [6.07, 6.45) is 0. The van der Waals surface area contributed by atoms with Crippen LogP contribution in [0.1, 0.15) is 24.2 Å². The van der Waals surface area contributed by atoms with Crippen LogP contribution in [0.5, 0.6) is 0 Å². The topological polar surface area (TPSA) is 40.6 Å². The Kier molecular flexibility index (Phi) is 4.61. The normalized spacial score (nSPS) is 18.9. The van der Waals surface area contributed by atoms with Gasteiger partial charge in [-0.25, -0.2) is 0 Å². The van der Waals surface area contributed by atoms with Gasteiger partial charge in [-0.15, -0.1) is 0 Å². The highest BCUT2D eigenvalue weighted by atomic mass is 35.5. The van der Waals surface area contributed by atoms with E-state index in [4.69, 9.17) is 23.2 Å². The smallest absolute Gasteiger partial charge is 0.242 e. The number of halogens is 2. The van der Waals surface area contributed by atoms with Gasteiger partial charge in [0, 0.05) is 25.7 Å². The summed E-state index contributed by atoms with van der Waals surface area (Å²) in [5.74, 6) is -0.0466. The van der Waals surface area contributed by atoms with E-state index < -0.39 is 5.54 Å². The lowest BCUT2D eigenvalue weighted by Crippen LogP contribution is -2.62. The standard InChI is InChI=1S/C15H18Cl2N2O2/c1-15(2)14(21)18(3)6-7-19(15)9-13(20)10-4-5-11(16)12(17)8-10/h4-5,8H,6-7,9H2,1-3H3. The summed E-state index contributed by atoms with van der Waals surface area (Å²) in [5.41, 5.74) is -0.176. The minimum absolute atomic E-state index is 0.0238. The highest BCUT2D eigenvalue weighted by Crippen LogP contribution is 2.25. The molecule has 0 N–H and O–H groups in total. The molecule has 114 valence electrons. The fraction of sp³-hybridized carbons (Fsp3) is 0.467. The Hall–Kier alpha value is -1.10. The molecule has 1 aromatic rings.